The monoisotopic (exact) mass is 270 g/mol. The molecule has 0 aromatic rings. The number of aliphatic hydroxyl groups is 1. The van der Waals surface area contributed by atoms with Crippen LogP contribution in [-0.4, -0.2) is 47.8 Å². The van der Waals surface area contributed by atoms with E-state index in [1.54, 1.807) is 0 Å². The Morgan fingerprint density at radius 1 is 1.32 bits per heavy atom. The molecule has 114 valence electrons. The average molecular weight is 270 g/mol. The van der Waals surface area contributed by atoms with Gasteiger partial charge in [0, 0.05) is 25.2 Å². The molecule has 1 aliphatic carbocycles. The molecular formula is C16H34N2O. The third kappa shape index (κ3) is 6.24. The molecule has 0 amide bonds. The van der Waals surface area contributed by atoms with Crippen LogP contribution >= 0.6 is 0 Å². The van der Waals surface area contributed by atoms with Crippen LogP contribution in [0.15, 0.2) is 0 Å². The first-order valence-electron chi connectivity index (χ1n) is 7.77. The number of rotatable bonds is 6. The number of hydrogen-bond acceptors (Lipinski definition) is 3. The van der Waals surface area contributed by atoms with Crippen molar-refractivity contribution in [2.45, 2.75) is 78.0 Å². The SMILES string of the molecule is CC(C)NCC(C)(O)CN(C)C1CCC(C)(C)CC1. The normalized spacial score (nSPS) is 23.8. The van der Waals surface area contributed by atoms with Crippen LogP contribution in [0, 0.1) is 5.41 Å². The Morgan fingerprint density at radius 2 is 1.84 bits per heavy atom. The van der Waals surface area contributed by atoms with Crippen molar-refractivity contribution in [1.29, 1.82) is 0 Å². The standard InChI is InChI=1S/C16H34N2O/c1-13(2)17-11-16(5,19)12-18(6)14-7-9-15(3,4)10-8-14/h13-14,17,19H,7-12H2,1-6H3. The molecule has 0 aliphatic heterocycles. The van der Waals surface area contributed by atoms with Crippen LogP contribution in [0.25, 0.3) is 0 Å². The van der Waals surface area contributed by atoms with Crippen LogP contribution < -0.4 is 5.32 Å². The van der Waals surface area contributed by atoms with Gasteiger partial charge in [-0.15, -0.1) is 0 Å². The van der Waals surface area contributed by atoms with Crippen LogP contribution in [0.2, 0.25) is 0 Å². The summed E-state index contributed by atoms with van der Waals surface area (Å²) in [6.45, 7) is 12.3. The Morgan fingerprint density at radius 3 is 2.32 bits per heavy atom. The fraction of sp³-hybridized carbons (Fsp3) is 1.00. The fourth-order valence-electron chi connectivity index (χ4n) is 2.97. The molecule has 0 saturated heterocycles. The first kappa shape index (κ1) is 16.9. The van der Waals surface area contributed by atoms with E-state index in [4.69, 9.17) is 0 Å². The van der Waals surface area contributed by atoms with E-state index in [1.807, 2.05) is 6.92 Å². The van der Waals surface area contributed by atoms with E-state index in [2.05, 4.69) is 45.0 Å². The van der Waals surface area contributed by atoms with Gasteiger partial charge in [-0.2, -0.15) is 0 Å². The highest BCUT2D eigenvalue weighted by Gasteiger charge is 2.31. The summed E-state index contributed by atoms with van der Waals surface area (Å²) >= 11 is 0. The van der Waals surface area contributed by atoms with Crippen molar-refractivity contribution in [3.63, 3.8) is 0 Å². The van der Waals surface area contributed by atoms with E-state index < -0.39 is 5.60 Å². The third-order valence-corrected chi connectivity index (χ3v) is 4.41. The van der Waals surface area contributed by atoms with Crippen LogP contribution in [0.4, 0.5) is 0 Å². The summed E-state index contributed by atoms with van der Waals surface area (Å²) < 4.78 is 0. The molecule has 0 radical (unpaired) electrons. The van der Waals surface area contributed by atoms with Gasteiger partial charge in [0.05, 0.1) is 5.60 Å². The highest BCUT2D eigenvalue weighted by atomic mass is 16.3. The van der Waals surface area contributed by atoms with E-state index in [-0.39, 0.29) is 0 Å². The molecule has 0 heterocycles. The molecule has 1 aliphatic rings. The van der Waals surface area contributed by atoms with Crippen molar-refractivity contribution in [2.24, 2.45) is 5.41 Å². The summed E-state index contributed by atoms with van der Waals surface area (Å²) in [7, 11) is 2.16. The minimum atomic E-state index is -0.647. The Bertz CT molecular complexity index is 264. The van der Waals surface area contributed by atoms with E-state index in [0.29, 0.717) is 24.0 Å². The largest absolute Gasteiger partial charge is 0.388 e. The number of nitrogens with zero attached hydrogens (tertiary/aromatic N) is 1. The molecule has 1 rings (SSSR count). The Kier molecular flexibility index (Phi) is 5.84. The van der Waals surface area contributed by atoms with Crippen molar-refractivity contribution in [3.8, 4) is 0 Å². The zero-order valence-corrected chi connectivity index (χ0v) is 13.8. The van der Waals surface area contributed by atoms with Crippen molar-refractivity contribution in [2.75, 3.05) is 20.1 Å². The first-order chi connectivity index (χ1) is 8.61. The maximum Gasteiger partial charge on any atom is 0.0869 e. The lowest BCUT2D eigenvalue weighted by Gasteiger charge is -2.41. The summed E-state index contributed by atoms with van der Waals surface area (Å²) in [4.78, 5) is 2.36. The Balaban J connectivity index is 2.39. The molecule has 0 spiro atoms. The van der Waals surface area contributed by atoms with E-state index in [1.165, 1.54) is 25.7 Å². The second-order valence-corrected chi connectivity index (χ2v) is 7.84. The summed E-state index contributed by atoms with van der Waals surface area (Å²) in [5, 5.41) is 13.8. The molecule has 3 nitrogen and oxygen atoms in total. The quantitative estimate of drug-likeness (QED) is 0.779. The highest BCUT2D eigenvalue weighted by Crippen LogP contribution is 2.36. The van der Waals surface area contributed by atoms with Gasteiger partial charge in [0.1, 0.15) is 0 Å². The molecule has 1 fully saturated rings. The third-order valence-electron chi connectivity index (χ3n) is 4.41. The average Bonchev–Trinajstić information content (AvgIpc) is 2.25. The Labute approximate surface area is 119 Å². The van der Waals surface area contributed by atoms with Gasteiger partial charge < -0.3 is 15.3 Å². The predicted molar refractivity (Wildman–Crippen MR) is 82.4 cm³/mol. The Hall–Kier alpha value is -0.120. The van der Waals surface area contributed by atoms with E-state index in [0.717, 1.165) is 6.54 Å². The van der Waals surface area contributed by atoms with Crippen molar-refractivity contribution in [3.05, 3.63) is 0 Å². The predicted octanol–water partition coefficient (Wildman–Crippen LogP) is 2.64. The molecule has 1 saturated carbocycles. The molecule has 3 heteroatoms. The number of nitrogens with one attached hydrogen (secondary N) is 1. The molecular weight excluding hydrogens is 236 g/mol. The van der Waals surface area contributed by atoms with Gasteiger partial charge in [0.2, 0.25) is 0 Å². The second-order valence-electron chi connectivity index (χ2n) is 7.84. The van der Waals surface area contributed by atoms with Gasteiger partial charge in [-0.1, -0.05) is 27.7 Å². The smallest absolute Gasteiger partial charge is 0.0869 e. The van der Waals surface area contributed by atoms with Crippen molar-refractivity contribution in [1.82, 2.24) is 10.2 Å². The maximum atomic E-state index is 10.5. The maximum absolute atomic E-state index is 10.5. The molecule has 19 heavy (non-hydrogen) atoms. The number of likely N-dealkylation sites (N-methyl/N-ethyl adjacent to an activating group) is 1. The van der Waals surface area contributed by atoms with Crippen molar-refractivity contribution >= 4 is 0 Å². The number of hydrogen-bond donors (Lipinski definition) is 2. The molecule has 0 aromatic carbocycles. The van der Waals surface area contributed by atoms with Gasteiger partial charge in [-0.3, -0.25) is 0 Å². The summed E-state index contributed by atoms with van der Waals surface area (Å²) in [5.41, 5.74) is -0.134. The lowest BCUT2D eigenvalue weighted by atomic mass is 9.75. The van der Waals surface area contributed by atoms with Crippen LogP contribution in [0.3, 0.4) is 0 Å². The topological polar surface area (TPSA) is 35.5 Å². The minimum Gasteiger partial charge on any atom is -0.388 e. The van der Waals surface area contributed by atoms with Crippen molar-refractivity contribution < 1.29 is 5.11 Å². The molecule has 0 aromatic heterocycles. The summed E-state index contributed by atoms with van der Waals surface area (Å²) in [6.07, 6.45) is 5.12. The van der Waals surface area contributed by atoms with E-state index in [9.17, 15) is 5.11 Å². The lowest BCUT2D eigenvalue weighted by Crippen LogP contribution is -2.51. The second kappa shape index (κ2) is 6.55. The van der Waals surface area contributed by atoms with Crippen LogP contribution in [-0.2, 0) is 0 Å². The zero-order chi connectivity index (χ0) is 14.7. The molecule has 2 N–H and O–H groups in total. The van der Waals surface area contributed by atoms with Gasteiger partial charge in [-0.05, 0) is 45.1 Å². The van der Waals surface area contributed by atoms with Gasteiger partial charge >= 0.3 is 0 Å². The van der Waals surface area contributed by atoms with Gasteiger partial charge in [0.15, 0.2) is 0 Å². The lowest BCUT2D eigenvalue weighted by molar-refractivity contribution is 0.00377. The van der Waals surface area contributed by atoms with Crippen LogP contribution in [0.1, 0.15) is 60.3 Å². The van der Waals surface area contributed by atoms with Crippen LogP contribution in [0.5, 0.6) is 0 Å². The summed E-state index contributed by atoms with van der Waals surface area (Å²) in [6, 6.07) is 1.06. The van der Waals surface area contributed by atoms with Gasteiger partial charge in [0.25, 0.3) is 0 Å². The van der Waals surface area contributed by atoms with E-state index >= 15 is 0 Å². The first-order valence-corrected chi connectivity index (χ1v) is 7.77. The zero-order valence-electron chi connectivity index (χ0n) is 13.8. The minimum absolute atomic E-state index is 0.423. The molecule has 0 bridgehead atoms. The van der Waals surface area contributed by atoms with Gasteiger partial charge in [-0.25, -0.2) is 0 Å². The molecule has 1 unspecified atom stereocenters. The molecule has 1 atom stereocenters. The highest BCUT2D eigenvalue weighted by molar-refractivity contribution is 4.87. The fourth-order valence-corrected chi connectivity index (χ4v) is 2.97. The summed E-state index contributed by atoms with van der Waals surface area (Å²) in [5.74, 6) is 0.